The van der Waals surface area contributed by atoms with Crippen molar-refractivity contribution in [3.05, 3.63) is 0 Å². The molecular weight excluding hydrogens is 222 g/mol. The lowest BCUT2D eigenvalue weighted by Crippen LogP contribution is -2.36. The fraction of sp³-hybridized carbons (Fsp3) is 1.00. The summed E-state index contributed by atoms with van der Waals surface area (Å²) in [5.74, 6) is 1.72. The lowest BCUT2D eigenvalue weighted by atomic mass is 9.81. The monoisotopic (exact) mass is 253 g/mol. The minimum Gasteiger partial charge on any atom is -0.381 e. The van der Waals surface area contributed by atoms with Gasteiger partial charge in [0.1, 0.15) is 0 Å². The van der Waals surface area contributed by atoms with Crippen molar-refractivity contribution in [3.8, 4) is 0 Å². The van der Waals surface area contributed by atoms with E-state index in [1.807, 2.05) is 0 Å². The van der Waals surface area contributed by atoms with Gasteiger partial charge < -0.3 is 10.1 Å². The number of hydrogen-bond acceptors (Lipinski definition) is 2. The third-order valence-corrected chi connectivity index (χ3v) is 4.59. The normalized spacial score (nSPS) is 23.3. The zero-order chi connectivity index (χ0) is 13.0. The Morgan fingerprint density at radius 2 is 1.89 bits per heavy atom. The first kappa shape index (κ1) is 14.3. The average Bonchev–Trinajstić information content (AvgIpc) is 3.17. The van der Waals surface area contributed by atoms with E-state index in [1.165, 1.54) is 45.1 Å². The van der Waals surface area contributed by atoms with Crippen LogP contribution in [0.15, 0.2) is 0 Å². The lowest BCUT2D eigenvalue weighted by molar-refractivity contribution is 0.0831. The molecule has 0 aliphatic heterocycles. The van der Waals surface area contributed by atoms with E-state index < -0.39 is 0 Å². The molecule has 18 heavy (non-hydrogen) atoms. The van der Waals surface area contributed by atoms with Crippen molar-refractivity contribution < 1.29 is 4.74 Å². The van der Waals surface area contributed by atoms with Crippen molar-refractivity contribution in [2.24, 2.45) is 17.3 Å². The predicted octanol–water partition coefficient (Wildman–Crippen LogP) is 3.61. The minimum atomic E-state index is 0.487. The van der Waals surface area contributed by atoms with Gasteiger partial charge >= 0.3 is 0 Å². The van der Waals surface area contributed by atoms with E-state index in [4.69, 9.17) is 4.74 Å². The molecule has 0 bridgehead atoms. The minimum absolute atomic E-state index is 0.487. The molecule has 2 aliphatic rings. The van der Waals surface area contributed by atoms with Gasteiger partial charge in [-0.15, -0.1) is 0 Å². The highest BCUT2D eigenvalue weighted by atomic mass is 16.5. The zero-order valence-electron chi connectivity index (χ0n) is 12.5. The molecule has 2 heteroatoms. The summed E-state index contributed by atoms with van der Waals surface area (Å²) in [5.41, 5.74) is 0.487. The number of ether oxygens (including phenoxy) is 1. The van der Waals surface area contributed by atoms with Crippen LogP contribution in [-0.2, 0) is 4.74 Å². The molecule has 0 aromatic heterocycles. The second-order valence-electron chi connectivity index (χ2n) is 7.13. The van der Waals surface area contributed by atoms with Gasteiger partial charge in [0.15, 0.2) is 0 Å². The van der Waals surface area contributed by atoms with Gasteiger partial charge in [0.05, 0.1) is 0 Å². The maximum absolute atomic E-state index is 5.81. The highest BCUT2D eigenvalue weighted by Gasteiger charge is 2.41. The number of nitrogens with one attached hydrogen (secondary N) is 1. The molecule has 1 unspecified atom stereocenters. The Balaban J connectivity index is 1.61. The van der Waals surface area contributed by atoms with E-state index in [1.54, 1.807) is 0 Å². The molecule has 2 fully saturated rings. The molecule has 0 aromatic rings. The fourth-order valence-electron chi connectivity index (χ4n) is 2.61. The largest absolute Gasteiger partial charge is 0.381 e. The summed E-state index contributed by atoms with van der Waals surface area (Å²) in [4.78, 5) is 0. The second-order valence-corrected chi connectivity index (χ2v) is 7.13. The molecule has 0 saturated heterocycles. The summed E-state index contributed by atoms with van der Waals surface area (Å²) in [5, 5.41) is 3.72. The van der Waals surface area contributed by atoms with Crippen LogP contribution in [-0.4, -0.2) is 25.8 Å². The Morgan fingerprint density at radius 3 is 2.44 bits per heavy atom. The Morgan fingerprint density at radius 1 is 1.17 bits per heavy atom. The lowest BCUT2D eigenvalue weighted by Gasteiger charge is -2.30. The molecule has 0 aromatic carbocycles. The summed E-state index contributed by atoms with van der Waals surface area (Å²) in [6, 6.07) is 0.838. The smallest absolute Gasteiger partial charge is 0.0471 e. The Kier molecular flexibility index (Phi) is 5.08. The van der Waals surface area contributed by atoms with Crippen LogP contribution in [0.3, 0.4) is 0 Å². The molecule has 2 nitrogen and oxygen atoms in total. The Labute approximate surface area is 113 Å². The fourth-order valence-corrected chi connectivity index (χ4v) is 2.61. The predicted molar refractivity (Wildman–Crippen MR) is 76.7 cm³/mol. The highest BCUT2D eigenvalue weighted by Crippen LogP contribution is 2.47. The summed E-state index contributed by atoms with van der Waals surface area (Å²) in [7, 11) is 0. The van der Waals surface area contributed by atoms with Gasteiger partial charge in [0.2, 0.25) is 0 Å². The van der Waals surface area contributed by atoms with Crippen molar-refractivity contribution in [2.75, 3.05) is 19.8 Å². The van der Waals surface area contributed by atoms with Crippen molar-refractivity contribution in [1.82, 2.24) is 5.32 Å². The summed E-state index contributed by atoms with van der Waals surface area (Å²) in [6.45, 7) is 10.1. The van der Waals surface area contributed by atoms with Gasteiger partial charge in [0, 0.05) is 25.8 Å². The first-order valence-electron chi connectivity index (χ1n) is 7.91. The van der Waals surface area contributed by atoms with Gasteiger partial charge in [-0.3, -0.25) is 0 Å². The highest BCUT2D eigenvalue weighted by molar-refractivity contribution is 4.94. The van der Waals surface area contributed by atoms with Crippen LogP contribution in [0.4, 0.5) is 0 Å². The molecular formula is C16H31NO. The Hall–Kier alpha value is -0.0800. The maximum atomic E-state index is 5.81. The third kappa shape index (κ3) is 4.89. The van der Waals surface area contributed by atoms with Crippen LogP contribution >= 0.6 is 0 Å². The molecule has 0 radical (unpaired) electrons. The standard InChI is InChI=1S/C16H31NO/c1-13(2)8-10-18-11-9-16(3,14-4-5-14)12-17-15-6-7-15/h13-15,17H,4-12H2,1-3H3. The topological polar surface area (TPSA) is 21.3 Å². The van der Waals surface area contributed by atoms with Crippen molar-refractivity contribution in [3.63, 3.8) is 0 Å². The average molecular weight is 253 g/mol. The van der Waals surface area contributed by atoms with Crippen molar-refractivity contribution in [2.45, 2.75) is 65.3 Å². The first-order valence-corrected chi connectivity index (χ1v) is 7.91. The maximum Gasteiger partial charge on any atom is 0.0471 e. The SMILES string of the molecule is CC(C)CCOCCC(C)(CNC1CC1)C1CC1. The van der Waals surface area contributed by atoms with Gasteiger partial charge in [-0.05, 0) is 55.8 Å². The molecule has 1 atom stereocenters. The van der Waals surface area contributed by atoms with Gasteiger partial charge in [-0.25, -0.2) is 0 Å². The van der Waals surface area contributed by atoms with Crippen LogP contribution in [0, 0.1) is 17.3 Å². The molecule has 2 rings (SSSR count). The van der Waals surface area contributed by atoms with E-state index in [-0.39, 0.29) is 0 Å². The van der Waals surface area contributed by atoms with Gasteiger partial charge in [0.25, 0.3) is 0 Å². The third-order valence-electron chi connectivity index (χ3n) is 4.59. The molecule has 0 spiro atoms. The van der Waals surface area contributed by atoms with Crippen LogP contribution in [0.1, 0.15) is 59.3 Å². The van der Waals surface area contributed by atoms with Crippen molar-refractivity contribution >= 4 is 0 Å². The van der Waals surface area contributed by atoms with E-state index in [0.717, 1.165) is 31.1 Å². The van der Waals surface area contributed by atoms with Crippen molar-refractivity contribution in [1.29, 1.82) is 0 Å². The molecule has 1 N–H and O–H groups in total. The number of hydrogen-bond donors (Lipinski definition) is 1. The molecule has 2 saturated carbocycles. The zero-order valence-corrected chi connectivity index (χ0v) is 12.5. The van der Waals surface area contributed by atoms with E-state index in [9.17, 15) is 0 Å². The first-order chi connectivity index (χ1) is 8.60. The second kappa shape index (κ2) is 6.38. The number of rotatable bonds is 10. The molecule has 2 aliphatic carbocycles. The van der Waals surface area contributed by atoms with Crippen LogP contribution in [0.2, 0.25) is 0 Å². The van der Waals surface area contributed by atoms with Crippen LogP contribution in [0.25, 0.3) is 0 Å². The molecule has 0 amide bonds. The molecule has 0 heterocycles. The van der Waals surface area contributed by atoms with Crippen LogP contribution in [0.5, 0.6) is 0 Å². The van der Waals surface area contributed by atoms with Crippen LogP contribution < -0.4 is 5.32 Å². The van der Waals surface area contributed by atoms with E-state index in [2.05, 4.69) is 26.1 Å². The summed E-state index contributed by atoms with van der Waals surface area (Å²) >= 11 is 0. The van der Waals surface area contributed by atoms with Gasteiger partial charge in [-0.2, -0.15) is 0 Å². The summed E-state index contributed by atoms with van der Waals surface area (Å²) < 4.78 is 5.81. The Bertz CT molecular complexity index is 245. The summed E-state index contributed by atoms with van der Waals surface area (Å²) in [6.07, 6.45) is 8.09. The van der Waals surface area contributed by atoms with E-state index in [0.29, 0.717) is 5.41 Å². The molecule has 106 valence electrons. The van der Waals surface area contributed by atoms with E-state index >= 15 is 0 Å². The van der Waals surface area contributed by atoms with Gasteiger partial charge in [-0.1, -0.05) is 20.8 Å². The quantitative estimate of drug-likeness (QED) is 0.601.